The van der Waals surface area contributed by atoms with Gasteiger partial charge in [0, 0.05) is 19.3 Å². The zero-order chi connectivity index (χ0) is 14.1. The molecular formula is C13H13N5OS. The van der Waals surface area contributed by atoms with Crippen LogP contribution in [0.4, 0.5) is 5.82 Å². The molecule has 0 bridgehead atoms. The quantitative estimate of drug-likeness (QED) is 0.777. The Hall–Kier alpha value is -2.41. The molecule has 3 rings (SSSR count). The third-order valence-corrected chi connectivity index (χ3v) is 3.94. The fourth-order valence-corrected chi connectivity index (χ4v) is 2.77. The predicted octanol–water partition coefficient (Wildman–Crippen LogP) is 2.43. The molecule has 1 amide bonds. The number of H-pyrrole nitrogens is 1. The van der Waals surface area contributed by atoms with E-state index in [-0.39, 0.29) is 5.91 Å². The number of hydrogen-bond donors (Lipinski definition) is 2. The highest BCUT2D eigenvalue weighted by Crippen LogP contribution is 2.28. The van der Waals surface area contributed by atoms with Crippen LogP contribution < -0.4 is 5.32 Å². The second-order valence-electron chi connectivity index (χ2n) is 4.46. The van der Waals surface area contributed by atoms with Crippen molar-refractivity contribution in [3.8, 4) is 10.6 Å². The molecule has 3 aromatic rings. The van der Waals surface area contributed by atoms with Crippen LogP contribution in [0.15, 0.2) is 29.9 Å². The molecule has 0 aliphatic rings. The summed E-state index contributed by atoms with van der Waals surface area (Å²) in [6.07, 6.45) is 3.18. The molecule has 7 heteroatoms. The van der Waals surface area contributed by atoms with Crippen LogP contribution in [0.1, 0.15) is 15.9 Å². The van der Waals surface area contributed by atoms with Crippen molar-refractivity contribution in [2.24, 2.45) is 7.05 Å². The summed E-state index contributed by atoms with van der Waals surface area (Å²) in [5, 5.41) is 15.8. The van der Waals surface area contributed by atoms with E-state index in [4.69, 9.17) is 0 Å². The van der Waals surface area contributed by atoms with E-state index in [1.807, 2.05) is 18.4 Å². The lowest BCUT2D eigenvalue weighted by Gasteiger charge is -1.97. The summed E-state index contributed by atoms with van der Waals surface area (Å²) < 4.78 is 1.58. The highest BCUT2D eigenvalue weighted by atomic mass is 32.1. The fraction of sp³-hybridized carbons (Fsp3) is 0.154. The van der Waals surface area contributed by atoms with Crippen molar-refractivity contribution in [1.82, 2.24) is 20.0 Å². The summed E-state index contributed by atoms with van der Waals surface area (Å²) in [6.45, 7) is 2.04. The monoisotopic (exact) mass is 287 g/mol. The van der Waals surface area contributed by atoms with Crippen LogP contribution in [0, 0.1) is 6.92 Å². The molecule has 6 nitrogen and oxygen atoms in total. The molecule has 0 aliphatic heterocycles. The average molecular weight is 287 g/mol. The highest BCUT2D eigenvalue weighted by molar-refractivity contribution is 7.13. The number of amides is 1. The Kier molecular flexibility index (Phi) is 3.11. The zero-order valence-corrected chi connectivity index (χ0v) is 11.9. The van der Waals surface area contributed by atoms with Gasteiger partial charge in [-0.3, -0.25) is 14.6 Å². The molecule has 0 fully saturated rings. The number of nitrogens with one attached hydrogen (secondary N) is 2. The van der Waals surface area contributed by atoms with E-state index in [1.54, 1.807) is 29.3 Å². The van der Waals surface area contributed by atoms with Crippen LogP contribution in [0.3, 0.4) is 0 Å². The van der Waals surface area contributed by atoms with Crippen molar-refractivity contribution in [2.75, 3.05) is 5.32 Å². The molecule has 0 radical (unpaired) electrons. The average Bonchev–Trinajstić information content (AvgIpc) is 3.10. The summed E-state index contributed by atoms with van der Waals surface area (Å²) >= 11 is 1.64. The molecule has 20 heavy (non-hydrogen) atoms. The van der Waals surface area contributed by atoms with E-state index < -0.39 is 0 Å². The summed E-state index contributed by atoms with van der Waals surface area (Å²) in [5.74, 6) is 0.278. The van der Waals surface area contributed by atoms with Crippen LogP contribution >= 0.6 is 11.3 Å². The molecule has 0 saturated heterocycles. The van der Waals surface area contributed by atoms with Gasteiger partial charge in [-0.15, -0.1) is 11.3 Å². The van der Waals surface area contributed by atoms with Crippen molar-refractivity contribution in [2.45, 2.75) is 6.92 Å². The second kappa shape index (κ2) is 4.93. The molecule has 0 spiro atoms. The molecule has 0 atom stereocenters. The maximum Gasteiger partial charge on any atom is 0.260 e. The number of aryl methyl sites for hydroxylation is 2. The number of nitrogens with zero attached hydrogens (tertiary/aromatic N) is 3. The second-order valence-corrected chi connectivity index (χ2v) is 5.37. The van der Waals surface area contributed by atoms with Crippen LogP contribution in [0.2, 0.25) is 0 Å². The van der Waals surface area contributed by atoms with Gasteiger partial charge in [-0.1, -0.05) is 0 Å². The first-order valence-corrected chi connectivity index (χ1v) is 6.91. The van der Waals surface area contributed by atoms with Crippen molar-refractivity contribution >= 4 is 23.1 Å². The first kappa shape index (κ1) is 12.6. The number of aromatic amines is 1. The Bertz CT molecular complexity index is 754. The van der Waals surface area contributed by atoms with Gasteiger partial charge in [-0.2, -0.15) is 10.2 Å². The third-order valence-electron chi connectivity index (χ3n) is 2.89. The minimum Gasteiger partial charge on any atom is -0.305 e. The van der Waals surface area contributed by atoms with Gasteiger partial charge in [0.15, 0.2) is 5.82 Å². The van der Waals surface area contributed by atoms with Crippen LogP contribution in [0.5, 0.6) is 0 Å². The smallest absolute Gasteiger partial charge is 0.260 e. The number of carbonyl (C=O) groups is 1. The summed E-state index contributed by atoms with van der Waals surface area (Å²) in [6, 6.07) is 3.88. The largest absolute Gasteiger partial charge is 0.305 e. The van der Waals surface area contributed by atoms with E-state index >= 15 is 0 Å². The zero-order valence-electron chi connectivity index (χ0n) is 11.0. The normalized spacial score (nSPS) is 10.7. The van der Waals surface area contributed by atoms with Gasteiger partial charge in [-0.05, 0) is 23.9 Å². The van der Waals surface area contributed by atoms with Crippen molar-refractivity contribution < 1.29 is 4.79 Å². The van der Waals surface area contributed by atoms with Gasteiger partial charge in [-0.25, -0.2) is 0 Å². The molecular weight excluding hydrogens is 274 g/mol. The standard InChI is InChI=1S/C13H13N5OS/c1-8-3-4-20-12(8)10-5-11(17-16-10)15-13(19)9-6-14-18(2)7-9/h3-7H,1-2H3,(H2,15,16,17,19). The number of carbonyl (C=O) groups excluding carboxylic acids is 1. The van der Waals surface area contributed by atoms with E-state index in [2.05, 4.69) is 26.7 Å². The lowest BCUT2D eigenvalue weighted by molar-refractivity contribution is 0.102. The van der Waals surface area contributed by atoms with Crippen molar-refractivity contribution in [3.05, 3.63) is 41.0 Å². The summed E-state index contributed by atoms with van der Waals surface area (Å²) in [5.41, 5.74) is 2.59. The first-order chi connectivity index (χ1) is 9.63. The Balaban J connectivity index is 1.78. The van der Waals surface area contributed by atoms with Crippen LogP contribution in [-0.2, 0) is 7.05 Å². The number of thiophene rings is 1. The SMILES string of the molecule is Cc1ccsc1-c1cc(NC(=O)c2cnn(C)c2)n[nH]1. The first-order valence-electron chi connectivity index (χ1n) is 6.03. The lowest BCUT2D eigenvalue weighted by Crippen LogP contribution is -2.11. The van der Waals surface area contributed by atoms with Crippen LogP contribution in [0.25, 0.3) is 10.6 Å². The summed E-state index contributed by atoms with van der Waals surface area (Å²) in [7, 11) is 1.77. The Morgan fingerprint density at radius 2 is 2.35 bits per heavy atom. The maximum atomic E-state index is 12.0. The van der Waals surface area contributed by atoms with Crippen molar-refractivity contribution in [1.29, 1.82) is 0 Å². The number of hydrogen-bond acceptors (Lipinski definition) is 4. The molecule has 0 unspecified atom stereocenters. The fourth-order valence-electron chi connectivity index (χ4n) is 1.88. The minimum absolute atomic E-state index is 0.223. The van der Waals surface area contributed by atoms with E-state index in [9.17, 15) is 4.79 Å². The van der Waals surface area contributed by atoms with Crippen LogP contribution in [-0.4, -0.2) is 25.9 Å². The number of anilines is 1. The van der Waals surface area contributed by atoms with E-state index in [0.29, 0.717) is 11.4 Å². The van der Waals surface area contributed by atoms with Gasteiger partial charge in [0.05, 0.1) is 22.3 Å². The molecule has 3 aromatic heterocycles. The lowest BCUT2D eigenvalue weighted by atomic mass is 10.2. The molecule has 0 aliphatic carbocycles. The Labute approximate surface area is 119 Å². The van der Waals surface area contributed by atoms with Gasteiger partial charge >= 0.3 is 0 Å². The number of rotatable bonds is 3. The topological polar surface area (TPSA) is 75.6 Å². The number of aromatic nitrogens is 4. The maximum absolute atomic E-state index is 12.0. The van der Waals surface area contributed by atoms with Gasteiger partial charge in [0.25, 0.3) is 5.91 Å². The summed E-state index contributed by atoms with van der Waals surface area (Å²) in [4.78, 5) is 13.1. The molecule has 102 valence electrons. The highest BCUT2D eigenvalue weighted by Gasteiger charge is 2.12. The van der Waals surface area contributed by atoms with Gasteiger partial charge in [0.2, 0.25) is 0 Å². The predicted molar refractivity (Wildman–Crippen MR) is 77.8 cm³/mol. The van der Waals surface area contributed by atoms with E-state index in [0.717, 1.165) is 10.6 Å². The van der Waals surface area contributed by atoms with Gasteiger partial charge < -0.3 is 5.32 Å². The van der Waals surface area contributed by atoms with Gasteiger partial charge in [0.1, 0.15) is 0 Å². The molecule has 0 aromatic carbocycles. The Morgan fingerprint density at radius 1 is 1.50 bits per heavy atom. The molecule has 2 N–H and O–H groups in total. The third kappa shape index (κ3) is 2.35. The molecule has 3 heterocycles. The van der Waals surface area contributed by atoms with E-state index in [1.165, 1.54) is 11.8 Å². The van der Waals surface area contributed by atoms with Crippen molar-refractivity contribution in [3.63, 3.8) is 0 Å². The Morgan fingerprint density at radius 3 is 3.00 bits per heavy atom. The molecule has 0 saturated carbocycles. The minimum atomic E-state index is -0.223.